The SMILES string of the molecule is O=[N+]([O-])c1ccc(Sc2ccc(N3C(=S)N[C@H](c4ccccn4)[C@@H]3c3cccn3-c3cccnc3)cc2)cc1. The molecule has 39 heavy (non-hydrogen) atoms. The van der Waals surface area contributed by atoms with Gasteiger partial charge in [0.15, 0.2) is 5.11 Å². The van der Waals surface area contributed by atoms with Crippen molar-refractivity contribution in [1.82, 2.24) is 19.9 Å². The normalized spacial score (nSPS) is 16.7. The number of hydrogen-bond donors (Lipinski definition) is 1. The second-order valence-corrected chi connectivity index (χ2v) is 10.4. The number of nitro groups is 1. The van der Waals surface area contributed by atoms with E-state index in [1.165, 1.54) is 12.1 Å². The fourth-order valence-corrected chi connectivity index (χ4v) is 5.91. The molecule has 10 heteroatoms. The molecule has 0 aliphatic carbocycles. The van der Waals surface area contributed by atoms with Crippen LogP contribution in [-0.4, -0.2) is 24.6 Å². The molecule has 2 aromatic carbocycles. The Bertz CT molecular complexity index is 1610. The van der Waals surface area contributed by atoms with Crippen LogP contribution in [0, 0.1) is 10.1 Å². The molecule has 8 nitrogen and oxygen atoms in total. The van der Waals surface area contributed by atoms with Gasteiger partial charge in [0.1, 0.15) is 6.04 Å². The van der Waals surface area contributed by atoms with Crippen LogP contribution < -0.4 is 10.2 Å². The maximum absolute atomic E-state index is 11.0. The van der Waals surface area contributed by atoms with Crippen molar-refractivity contribution in [3.63, 3.8) is 0 Å². The number of benzene rings is 2. The summed E-state index contributed by atoms with van der Waals surface area (Å²) in [7, 11) is 0. The van der Waals surface area contributed by atoms with Crippen molar-refractivity contribution in [1.29, 1.82) is 0 Å². The van der Waals surface area contributed by atoms with Gasteiger partial charge in [0.25, 0.3) is 5.69 Å². The van der Waals surface area contributed by atoms with Crippen LogP contribution in [0.25, 0.3) is 5.69 Å². The van der Waals surface area contributed by atoms with Crippen LogP contribution in [0.1, 0.15) is 23.5 Å². The maximum Gasteiger partial charge on any atom is 0.269 e. The largest absolute Gasteiger partial charge is 0.351 e. The number of pyridine rings is 2. The van der Waals surface area contributed by atoms with E-state index in [-0.39, 0.29) is 17.8 Å². The summed E-state index contributed by atoms with van der Waals surface area (Å²) in [4.78, 5) is 23.6. The number of nitrogens with zero attached hydrogens (tertiary/aromatic N) is 5. The summed E-state index contributed by atoms with van der Waals surface area (Å²) in [6.07, 6.45) is 7.43. The Kier molecular flexibility index (Phi) is 6.78. The van der Waals surface area contributed by atoms with E-state index in [4.69, 9.17) is 12.2 Å². The minimum atomic E-state index is -0.393. The lowest BCUT2D eigenvalue weighted by Crippen LogP contribution is -2.30. The number of nitrogens with one attached hydrogen (secondary N) is 1. The summed E-state index contributed by atoms with van der Waals surface area (Å²) in [6, 6.07) is 28.4. The number of anilines is 1. The predicted octanol–water partition coefficient (Wildman–Crippen LogP) is 6.50. The Morgan fingerprint density at radius 2 is 1.64 bits per heavy atom. The quantitative estimate of drug-likeness (QED) is 0.139. The third-order valence-electron chi connectivity index (χ3n) is 6.50. The summed E-state index contributed by atoms with van der Waals surface area (Å²) in [5.41, 5.74) is 3.94. The standard InChI is InChI=1S/C29H22N6O2S2/c36-35(37)21-10-14-24(15-11-21)39-23-12-8-20(9-13-23)34-28(27(32-29(34)38)25-6-1-2-17-31-25)26-7-4-18-33(26)22-5-3-16-30-19-22/h1-19,27-28H,(H,32,38)/t27-,28+/m1/s1. The molecular formula is C29H22N6O2S2. The molecule has 2 atom stereocenters. The molecule has 0 spiro atoms. The number of rotatable bonds is 7. The van der Waals surface area contributed by atoms with E-state index >= 15 is 0 Å². The number of non-ortho nitro benzene ring substituents is 1. The van der Waals surface area contributed by atoms with Gasteiger partial charge in [-0.05, 0) is 85.0 Å². The number of hydrogen-bond acceptors (Lipinski definition) is 6. The maximum atomic E-state index is 11.0. The Labute approximate surface area is 234 Å². The minimum Gasteiger partial charge on any atom is -0.351 e. The van der Waals surface area contributed by atoms with Crippen molar-refractivity contribution in [2.75, 3.05) is 4.90 Å². The highest BCUT2D eigenvalue weighted by atomic mass is 32.2. The molecule has 0 amide bonds. The first-order valence-corrected chi connectivity index (χ1v) is 13.4. The second kappa shape index (κ2) is 10.7. The van der Waals surface area contributed by atoms with Gasteiger partial charge in [-0.2, -0.15) is 0 Å². The molecule has 0 bridgehead atoms. The molecule has 1 fully saturated rings. The van der Waals surface area contributed by atoms with Gasteiger partial charge in [0.05, 0.1) is 28.5 Å². The van der Waals surface area contributed by atoms with Crippen LogP contribution in [0.3, 0.4) is 0 Å². The van der Waals surface area contributed by atoms with E-state index in [2.05, 4.69) is 30.8 Å². The fourth-order valence-electron chi connectivity index (χ4n) is 4.75. The summed E-state index contributed by atoms with van der Waals surface area (Å²) < 4.78 is 2.13. The van der Waals surface area contributed by atoms with E-state index in [1.807, 2.05) is 73.1 Å². The van der Waals surface area contributed by atoms with Crippen LogP contribution in [0.2, 0.25) is 0 Å². The second-order valence-electron chi connectivity index (χ2n) is 8.86. The zero-order chi connectivity index (χ0) is 26.8. The smallest absolute Gasteiger partial charge is 0.269 e. The summed E-state index contributed by atoms with van der Waals surface area (Å²) in [6.45, 7) is 0. The third kappa shape index (κ3) is 4.99. The average Bonchev–Trinajstić information content (AvgIpc) is 3.59. The molecule has 1 aliphatic rings. The van der Waals surface area contributed by atoms with Crippen molar-refractivity contribution in [3.05, 3.63) is 137 Å². The molecule has 1 saturated heterocycles. The van der Waals surface area contributed by atoms with E-state index in [0.29, 0.717) is 5.11 Å². The van der Waals surface area contributed by atoms with Gasteiger partial charge in [0.2, 0.25) is 0 Å². The van der Waals surface area contributed by atoms with E-state index in [1.54, 1.807) is 36.3 Å². The monoisotopic (exact) mass is 550 g/mol. The Hall–Kier alpha value is -4.54. The Balaban J connectivity index is 1.35. The summed E-state index contributed by atoms with van der Waals surface area (Å²) in [5.74, 6) is 0. The highest BCUT2D eigenvalue weighted by molar-refractivity contribution is 7.99. The molecule has 192 valence electrons. The molecule has 6 rings (SSSR count). The third-order valence-corrected chi connectivity index (χ3v) is 7.83. The van der Waals surface area contributed by atoms with E-state index in [9.17, 15) is 10.1 Å². The summed E-state index contributed by atoms with van der Waals surface area (Å²) in [5, 5.41) is 15.1. The van der Waals surface area contributed by atoms with Crippen LogP contribution >= 0.6 is 24.0 Å². The van der Waals surface area contributed by atoms with Crippen LogP contribution in [-0.2, 0) is 0 Å². The zero-order valence-corrected chi connectivity index (χ0v) is 22.1. The van der Waals surface area contributed by atoms with Gasteiger partial charge in [0, 0.05) is 51.9 Å². The number of thiocarbonyl (C=S) groups is 1. The lowest BCUT2D eigenvalue weighted by Gasteiger charge is -2.29. The van der Waals surface area contributed by atoms with Gasteiger partial charge in [-0.3, -0.25) is 20.1 Å². The first kappa shape index (κ1) is 24.8. The number of aromatic nitrogens is 3. The lowest BCUT2D eigenvalue weighted by atomic mass is 10.0. The highest BCUT2D eigenvalue weighted by Crippen LogP contribution is 2.42. The highest BCUT2D eigenvalue weighted by Gasteiger charge is 2.42. The van der Waals surface area contributed by atoms with Crippen molar-refractivity contribution < 1.29 is 4.92 Å². The Morgan fingerprint density at radius 3 is 2.31 bits per heavy atom. The molecule has 4 heterocycles. The molecule has 0 unspecified atom stereocenters. The van der Waals surface area contributed by atoms with Crippen LogP contribution in [0.4, 0.5) is 11.4 Å². The topological polar surface area (TPSA) is 89.1 Å². The van der Waals surface area contributed by atoms with Crippen molar-refractivity contribution in [2.45, 2.75) is 21.9 Å². The molecule has 5 aromatic rings. The summed E-state index contributed by atoms with van der Waals surface area (Å²) >= 11 is 7.43. The molecule has 3 aromatic heterocycles. The zero-order valence-electron chi connectivity index (χ0n) is 20.5. The van der Waals surface area contributed by atoms with Crippen LogP contribution in [0.5, 0.6) is 0 Å². The first-order valence-electron chi connectivity index (χ1n) is 12.2. The van der Waals surface area contributed by atoms with Crippen molar-refractivity contribution in [3.8, 4) is 5.69 Å². The van der Waals surface area contributed by atoms with E-state index in [0.717, 1.165) is 32.6 Å². The lowest BCUT2D eigenvalue weighted by molar-refractivity contribution is -0.384. The van der Waals surface area contributed by atoms with Gasteiger partial charge in [-0.25, -0.2) is 0 Å². The van der Waals surface area contributed by atoms with Crippen molar-refractivity contribution in [2.24, 2.45) is 0 Å². The number of nitro benzene ring substituents is 1. The first-order chi connectivity index (χ1) is 19.1. The van der Waals surface area contributed by atoms with Crippen molar-refractivity contribution >= 4 is 40.5 Å². The molecule has 0 saturated carbocycles. The molecule has 1 aliphatic heterocycles. The van der Waals surface area contributed by atoms with Crippen LogP contribution in [0.15, 0.2) is 126 Å². The Morgan fingerprint density at radius 1 is 0.872 bits per heavy atom. The fraction of sp³-hybridized carbons (Fsp3) is 0.0690. The minimum absolute atomic E-state index is 0.0780. The van der Waals surface area contributed by atoms with E-state index < -0.39 is 4.92 Å². The molecule has 0 radical (unpaired) electrons. The van der Waals surface area contributed by atoms with Gasteiger partial charge >= 0.3 is 0 Å². The average molecular weight is 551 g/mol. The van der Waals surface area contributed by atoms with Gasteiger partial charge in [-0.15, -0.1) is 0 Å². The van der Waals surface area contributed by atoms with Gasteiger partial charge in [-0.1, -0.05) is 17.8 Å². The molecular weight excluding hydrogens is 528 g/mol. The predicted molar refractivity (Wildman–Crippen MR) is 155 cm³/mol. The molecule has 1 N–H and O–H groups in total. The van der Waals surface area contributed by atoms with Gasteiger partial charge < -0.3 is 14.8 Å².